The molecule has 110 valence electrons. The summed E-state index contributed by atoms with van der Waals surface area (Å²) in [5.74, 6) is 1.57. The van der Waals surface area contributed by atoms with Gasteiger partial charge in [0.05, 0.1) is 17.0 Å². The monoisotopic (exact) mass is 315 g/mol. The lowest BCUT2D eigenvalue weighted by Crippen LogP contribution is -2.29. The number of fused-ring (bicyclic) bond motifs is 1. The van der Waals surface area contributed by atoms with Crippen LogP contribution in [0.4, 0.5) is 0 Å². The molecule has 2 aliphatic rings. The number of hydrogen-bond acceptors (Lipinski definition) is 3. The highest BCUT2D eigenvalue weighted by Gasteiger charge is 2.41. The molecule has 0 radical (unpaired) electrons. The zero-order chi connectivity index (χ0) is 14.3. The maximum Gasteiger partial charge on any atom is 0.243 e. The number of benzene rings is 1. The highest BCUT2D eigenvalue weighted by atomic mass is 35.5. The zero-order valence-corrected chi connectivity index (χ0v) is 13.0. The van der Waals surface area contributed by atoms with E-state index in [-0.39, 0.29) is 4.90 Å². The largest absolute Gasteiger partial charge is 0.495 e. The van der Waals surface area contributed by atoms with Crippen LogP contribution < -0.4 is 4.74 Å². The third-order valence-corrected chi connectivity index (χ3v) is 6.58. The molecule has 1 saturated carbocycles. The molecule has 1 aliphatic carbocycles. The average molecular weight is 316 g/mol. The Hall–Kier alpha value is -0.780. The van der Waals surface area contributed by atoms with E-state index in [1.165, 1.54) is 19.6 Å². The van der Waals surface area contributed by atoms with Gasteiger partial charge < -0.3 is 4.74 Å². The number of hydrogen-bond donors (Lipinski definition) is 0. The van der Waals surface area contributed by atoms with Gasteiger partial charge in [0.1, 0.15) is 5.75 Å². The van der Waals surface area contributed by atoms with E-state index >= 15 is 0 Å². The number of rotatable bonds is 3. The number of halogens is 1. The topological polar surface area (TPSA) is 46.6 Å². The van der Waals surface area contributed by atoms with E-state index in [0.29, 0.717) is 35.7 Å². The average Bonchev–Trinajstić information content (AvgIpc) is 2.99. The number of sulfonamides is 1. The van der Waals surface area contributed by atoms with E-state index in [4.69, 9.17) is 16.3 Å². The summed E-state index contributed by atoms with van der Waals surface area (Å²) in [6, 6.07) is 4.64. The van der Waals surface area contributed by atoms with E-state index in [1.54, 1.807) is 16.4 Å². The van der Waals surface area contributed by atoms with Crippen LogP contribution in [0.3, 0.4) is 0 Å². The predicted octanol–water partition coefficient (Wildman–Crippen LogP) is 2.77. The molecule has 3 rings (SSSR count). The Morgan fingerprint density at radius 2 is 1.90 bits per heavy atom. The van der Waals surface area contributed by atoms with Crippen LogP contribution in [0.15, 0.2) is 23.1 Å². The quantitative estimate of drug-likeness (QED) is 0.861. The van der Waals surface area contributed by atoms with E-state index in [2.05, 4.69) is 0 Å². The molecule has 1 aromatic rings. The minimum absolute atomic E-state index is 0.253. The second kappa shape index (κ2) is 5.20. The van der Waals surface area contributed by atoms with Crippen molar-refractivity contribution < 1.29 is 13.2 Å². The van der Waals surface area contributed by atoms with Crippen molar-refractivity contribution in [3.8, 4) is 5.75 Å². The Balaban J connectivity index is 1.87. The number of ether oxygens (including phenoxy) is 1. The van der Waals surface area contributed by atoms with Gasteiger partial charge in [-0.1, -0.05) is 18.0 Å². The van der Waals surface area contributed by atoms with Crippen LogP contribution in [0.1, 0.15) is 19.3 Å². The van der Waals surface area contributed by atoms with Crippen molar-refractivity contribution in [2.75, 3.05) is 20.2 Å². The number of methoxy groups -OCH3 is 1. The molecule has 1 aliphatic heterocycles. The summed E-state index contributed by atoms with van der Waals surface area (Å²) in [4.78, 5) is 0.253. The Bertz CT molecular complexity index is 605. The highest BCUT2D eigenvalue weighted by molar-refractivity contribution is 7.89. The van der Waals surface area contributed by atoms with Crippen LogP contribution in [0.25, 0.3) is 0 Å². The molecule has 1 aromatic carbocycles. The van der Waals surface area contributed by atoms with E-state index in [9.17, 15) is 8.42 Å². The first kappa shape index (κ1) is 14.2. The lowest BCUT2D eigenvalue weighted by atomic mass is 10.0. The smallest absolute Gasteiger partial charge is 0.243 e. The van der Waals surface area contributed by atoms with Gasteiger partial charge in [0.25, 0.3) is 0 Å². The maximum absolute atomic E-state index is 12.6. The first-order valence-electron chi connectivity index (χ1n) is 6.86. The normalized spacial score (nSPS) is 26.7. The Morgan fingerprint density at radius 1 is 1.25 bits per heavy atom. The molecule has 0 spiro atoms. The fraction of sp³-hybridized carbons (Fsp3) is 0.571. The summed E-state index contributed by atoms with van der Waals surface area (Å²) in [6.45, 7) is 1.30. The minimum Gasteiger partial charge on any atom is -0.495 e. The van der Waals surface area contributed by atoms with Crippen molar-refractivity contribution in [1.29, 1.82) is 0 Å². The van der Waals surface area contributed by atoms with Crippen LogP contribution in [0, 0.1) is 11.8 Å². The van der Waals surface area contributed by atoms with Gasteiger partial charge in [-0.2, -0.15) is 4.31 Å². The van der Waals surface area contributed by atoms with Crippen molar-refractivity contribution in [2.24, 2.45) is 11.8 Å². The molecule has 6 heteroatoms. The summed E-state index contributed by atoms with van der Waals surface area (Å²) in [5.41, 5.74) is 0. The van der Waals surface area contributed by atoms with E-state index < -0.39 is 10.0 Å². The molecule has 20 heavy (non-hydrogen) atoms. The molecule has 1 saturated heterocycles. The van der Waals surface area contributed by atoms with E-state index in [0.717, 1.165) is 12.8 Å². The Morgan fingerprint density at radius 3 is 2.45 bits per heavy atom. The zero-order valence-electron chi connectivity index (χ0n) is 11.4. The SMILES string of the molecule is COc1ccc(S(=O)(=O)N2CC3CCCC3C2)cc1Cl. The summed E-state index contributed by atoms with van der Waals surface area (Å²) < 4.78 is 32.0. The summed E-state index contributed by atoms with van der Waals surface area (Å²) in [5, 5.41) is 0.327. The molecular weight excluding hydrogens is 298 g/mol. The summed E-state index contributed by atoms with van der Waals surface area (Å²) in [7, 11) is -1.92. The van der Waals surface area contributed by atoms with Crippen LogP contribution in [0.5, 0.6) is 5.75 Å². The van der Waals surface area contributed by atoms with Gasteiger partial charge in [-0.05, 0) is 42.9 Å². The van der Waals surface area contributed by atoms with Crippen LogP contribution in [-0.4, -0.2) is 32.9 Å². The standard InChI is InChI=1S/C14H18ClNO3S/c1-19-14-6-5-12(7-13(14)15)20(17,18)16-8-10-3-2-4-11(10)9-16/h5-7,10-11H,2-4,8-9H2,1H3. The summed E-state index contributed by atoms with van der Waals surface area (Å²) in [6.07, 6.45) is 3.54. The van der Waals surface area contributed by atoms with Crippen LogP contribution >= 0.6 is 11.6 Å². The Kier molecular flexibility index (Phi) is 3.69. The molecule has 0 N–H and O–H groups in total. The molecule has 2 atom stereocenters. The maximum atomic E-state index is 12.6. The molecule has 4 nitrogen and oxygen atoms in total. The number of nitrogens with zero attached hydrogens (tertiary/aromatic N) is 1. The second-order valence-electron chi connectivity index (χ2n) is 5.57. The fourth-order valence-electron chi connectivity index (χ4n) is 3.34. The fourth-order valence-corrected chi connectivity index (χ4v) is 5.25. The third-order valence-electron chi connectivity index (χ3n) is 4.45. The van der Waals surface area contributed by atoms with Gasteiger partial charge in [-0.3, -0.25) is 0 Å². The molecule has 0 bridgehead atoms. The lowest BCUT2D eigenvalue weighted by Gasteiger charge is -2.17. The van der Waals surface area contributed by atoms with Crippen molar-refractivity contribution in [1.82, 2.24) is 4.31 Å². The first-order valence-corrected chi connectivity index (χ1v) is 8.68. The van der Waals surface area contributed by atoms with Gasteiger partial charge in [0, 0.05) is 13.1 Å². The van der Waals surface area contributed by atoms with Crippen LogP contribution in [0.2, 0.25) is 5.02 Å². The molecule has 2 unspecified atom stereocenters. The first-order chi connectivity index (χ1) is 9.52. The highest BCUT2D eigenvalue weighted by Crippen LogP contribution is 2.40. The van der Waals surface area contributed by atoms with Gasteiger partial charge >= 0.3 is 0 Å². The van der Waals surface area contributed by atoms with Gasteiger partial charge in [-0.15, -0.1) is 0 Å². The molecule has 0 aromatic heterocycles. The summed E-state index contributed by atoms with van der Waals surface area (Å²) >= 11 is 6.03. The molecule has 1 heterocycles. The van der Waals surface area contributed by atoms with Crippen molar-refractivity contribution in [3.63, 3.8) is 0 Å². The van der Waals surface area contributed by atoms with E-state index in [1.807, 2.05) is 0 Å². The van der Waals surface area contributed by atoms with Crippen molar-refractivity contribution >= 4 is 21.6 Å². The van der Waals surface area contributed by atoms with Gasteiger partial charge in [0.15, 0.2) is 0 Å². The second-order valence-corrected chi connectivity index (χ2v) is 7.91. The minimum atomic E-state index is -3.43. The Labute approximate surface area is 124 Å². The van der Waals surface area contributed by atoms with Gasteiger partial charge in [-0.25, -0.2) is 8.42 Å². The van der Waals surface area contributed by atoms with Crippen molar-refractivity contribution in [2.45, 2.75) is 24.2 Å². The molecular formula is C14H18ClNO3S. The lowest BCUT2D eigenvalue weighted by molar-refractivity contribution is 0.414. The van der Waals surface area contributed by atoms with Crippen molar-refractivity contribution in [3.05, 3.63) is 23.2 Å². The van der Waals surface area contributed by atoms with Crippen LogP contribution in [-0.2, 0) is 10.0 Å². The predicted molar refractivity (Wildman–Crippen MR) is 77.6 cm³/mol. The molecule has 2 fully saturated rings. The van der Waals surface area contributed by atoms with Gasteiger partial charge in [0.2, 0.25) is 10.0 Å². The third kappa shape index (κ3) is 2.32. The molecule has 0 amide bonds.